The maximum absolute atomic E-state index is 14.0. The van der Waals surface area contributed by atoms with Gasteiger partial charge in [0.15, 0.2) is 0 Å². The molecule has 1 aliphatic heterocycles. The Morgan fingerprint density at radius 3 is 2.47 bits per heavy atom. The molecule has 0 atom stereocenters. The number of benzene rings is 2. The number of carbonyl (C=O) groups excluding carboxylic acids is 3. The molecule has 9 heteroatoms. The second kappa shape index (κ2) is 13.1. The van der Waals surface area contributed by atoms with Crippen molar-refractivity contribution < 1.29 is 19.1 Å². The van der Waals surface area contributed by atoms with E-state index in [9.17, 15) is 14.4 Å². The Labute approximate surface area is 274 Å². The fraction of sp³-hybridized carbons (Fsp3) is 0.395. The second-order valence-corrected chi connectivity index (χ2v) is 13.1. The van der Waals surface area contributed by atoms with E-state index in [1.165, 1.54) is 49.1 Å². The predicted molar refractivity (Wildman–Crippen MR) is 182 cm³/mol. The third-order valence-corrected chi connectivity index (χ3v) is 10.2. The summed E-state index contributed by atoms with van der Waals surface area (Å²) in [6.45, 7) is 0.839. The number of hydrogen-bond donors (Lipinski definition) is 2. The third kappa shape index (κ3) is 6.06. The number of anilines is 1. The Bertz CT molecular complexity index is 1850. The van der Waals surface area contributed by atoms with Crippen molar-refractivity contribution in [3.05, 3.63) is 83.3 Å². The maximum atomic E-state index is 14.0. The van der Waals surface area contributed by atoms with Crippen LogP contribution in [-0.4, -0.2) is 45.0 Å². The lowest BCUT2D eigenvalue weighted by atomic mass is 9.82. The van der Waals surface area contributed by atoms with E-state index < -0.39 is 11.5 Å². The maximum Gasteiger partial charge on any atom is 0.330 e. The number of rotatable bonds is 7. The topological polar surface area (TPSA) is 115 Å². The lowest BCUT2D eigenvalue weighted by Gasteiger charge is -2.29. The molecule has 3 heterocycles. The number of carbonyl (C=O) groups is 3. The first-order valence-electron chi connectivity index (χ1n) is 16.9. The van der Waals surface area contributed by atoms with Crippen LogP contribution >= 0.6 is 0 Å². The minimum atomic E-state index is -0.993. The highest BCUT2D eigenvalue weighted by molar-refractivity contribution is 6.06. The van der Waals surface area contributed by atoms with E-state index in [0.717, 1.165) is 67.5 Å². The average molecular weight is 632 g/mol. The summed E-state index contributed by atoms with van der Waals surface area (Å²) in [4.78, 5) is 48.7. The van der Waals surface area contributed by atoms with Gasteiger partial charge >= 0.3 is 5.97 Å². The minimum absolute atomic E-state index is 0.214. The predicted octanol–water partition coefficient (Wildman–Crippen LogP) is 6.96. The van der Waals surface area contributed by atoms with Crippen LogP contribution in [0.1, 0.15) is 97.3 Å². The van der Waals surface area contributed by atoms with Crippen LogP contribution in [0.25, 0.3) is 28.4 Å². The molecule has 47 heavy (non-hydrogen) atoms. The number of esters is 1. The van der Waals surface area contributed by atoms with Crippen LogP contribution in [0.5, 0.6) is 0 Å². The molecule has 2 aromatic heterocycles. The summed E-state index contributed by atoms with van der Waals surface area (Å²) in [7, 11) is 1.33. The highest BCUT2D eigenvalue weighted by Gasteiger charge is 2.43. The Morgan fingerprint density at radius 2 is 1.70 bits per heavy atom. The highest BCUT2D eigenvalue weighted by atomic mass is 16.5. The van der Waals surface area contributed by atoms with E-state index in [-0.39, 0.29) is 11.8 Å². The molecule has 242 valence electrons. The summed E-state index contributed by atoms with van der Waals surface area (Å²) < 4.78 is 7.02. The fourth-order valence-electron chi connectivity index (χ4n) is 7.80. The molecular formula is C38H41N5O4. The molecule has 2 aliphatic carbocycles. The van der Waals surface area contributed by atoms with E-state index >= 15 is 0 Å². The van der Waals surface area contributed by atoms with Gasteiger partial charge in [-0.05, 0) is 85.9 Å². The van der Waals surface area contributed by atoms with Crippen molar-refractivity contribution in [3.8, 4) is 11.4 Å². The number of aromatic nitrogens is 3. The molecule has 0 bridgehead atoms. The Morgan fingerprint density at radius 1 is 0.936 bits per heavy atom. The van der Waals surface area contributed by atoms with Gasteiger partial charge in [0.25, 0.3) is 5.91 Å². The number of nitrogens with one attached hydrogen (secondary N) is 2. The largest absolute Gasteiger partial charge is 0.466 e. The van der Waals surface area contributed by atoms with Crippen LogP contribution in [0.2, 0.25) is 0 Å². The first kappa shape index (κ1) is 30.8. The summed E-state index contributed by atoms with van der Waals surface area (Å²) in [5, 5.41) is 7.40. The highest BCUT2D eigenvalue weighted by Crippen LogP contribution is 2.45. The van der Waals surface area contributed by atoms with E-state index in [0.29, 0.717) is 30.0 Å². The molecule has 2 saturated carbocycles. The summed E-state index contributed by atoms with van der Waals surface area (Å²) >= 11 is 0. The van der Waals surface area contributed by atoms with Crippen molar-refractivity contribution in [1.29, 1.82) is 0 Å². The van der Waals surface area contributed by atoms with E-state index in [4.69, 9.17) is 9.97 Å². The van der Waals surface area contributed by atoms with Crippen molar-refractivity contribution >= 4 is 40.4 Å². The zero-order valence-electron chi connectivity index (χ0n) is 26.9. The number of fused-ring (bicyclic) bond motifs is 5. The molecule has 0 radical (unpaired) electrons. The molecule has 0 unspecified atom stereocenters. The van der Waals surface area contributed by atoms with Gasteiger partial charge in [-0.1, -0.05) is 50.3 Å². The number of aryl methyl sites for hydroxylation is 2. The molecule has 2 aromatic carbocycles. The zero-order chi connectivity index (χ0) is 32.4. The molecule has 2 fully saturated rings. The summed E-state index contributed by atoms with van der Waals surface area (Å²) in [6, 6.07) is 13.3. The van der Waals surface area contributed by atoms with Gasteiger partial charge in [-0.2, -0.15) is 0 Å². The van der Waals surface area contributed by atoms with Crippen molar-refractivity contribution in [2.45, 2.75) is 88.6 Å². The Hall–Kier alpha value is -4.79. The third-order valence-electron chi connectivity index (χ3n) is 10.2. The summed E-state index contributed by atoms with van der Waals surface area (Å²) in [5.41, 5.74) is 6.59. The number of hydrogen-bond acceptors (Lipinski definition) is 6. The van der Waals surface area contributed by atoms with E-state index in [1.807, 2.05) is 24.3 Å². The van der Waals surface area contributed by atoms with Crippen molar-refractivity contribution in [2.75, 3.05) is 12.4 Å². The van der Waals surface area contributed by atoms with Crippen LogP contribution in [0.4, 0.5) is 5.69 Å². The normalized spacial score (nSPS) is 17.6. The number of amides is 2. The minimum Gasteiger partial charge on any atom is -0.466 e. The van der Waals surface area contributed by atoms with Crippen molar-refractivity contribution in [2.24, 2.45) is 0 Å². The summed E-state index contributed by atoms with van der Waals surface area (Å²) in [5.74, 6) is -0.431. The summed E-state index contributed by atoms with van der Waals surface area (Å²) in [6.07, 6.45) is 17.3. The standard InChI is InChI=1S/C38H41N5O4/c1-47-32(44)18-13-25-11-15-28(16-12-25)41-37(46)38(19-5-6-20-38)42-36(45)27-14-17-29-31(24-27)43-23-7-10-30-34(40-22-21-39-30)35(43)33(29)26-8-3-2-4-9-26/h11-18,21-22,24,26H,2-10,19-20,23H2,1H3,(H,41,46)(H,42,45). The van der Waals surface area contributed by atoms with E-state index in [1.54, 1.807) is 30.6 Å². The van der Waals surface area contributed by atoms with Gasteiger partial charge < -0.3 is 19.9 Å². The van der Waals surface area contributed by atoms with Crippen molar-refractivity contribution in [1.82, 2.24) is 19.9 Å². The molecule has 0 saturated heterocycles. The van der Waals surface area contributed by atoms with Gasteiger partial charge in [-0.15, -0.1) is 0 Å². The van der Waals surface area contributed by atoms with Gasteiger partial charge in [-0.25, -0.2) is 4.79 Å². The van der Waals surface area contributed by atoms with Gasteiger partial charge in [0, 0.05) is 47.2 Å². The zero-order valence-corrected chi connectivity index (χ0v) is 26.9. The first-order chi connectivity index (χ1) is 23.0. The smallest absolute Gasteiger partial charge is 0.330 e. The van der Waals surface area contributed by atoms with Crippen molar-refractivity contribution in [3.63, 3.8) is 0 Å². The molecule has 9 nitrogen and oxygen atoms in total. The number of methoxy groups -OCH3 is 1. The molecule has 2 N–H and O–H groups in total. The first-order valence-corrected chi connectivity index (χ1v) is 16.9. The molecule has 4 aromatic rings. The molecular weight excluding hydrogens is 590 g/mol. The van der Waals surface area contributed by atoms with Crippen LogP contribution in [-0.2, 0) is 27.3 Å². The average Bonchev–Trinajstić information content (AvgIpc) is 3.66. The monoisotopic (exact) mass is 631 g/mol. The van der Waals surface area contributed by atoms with Crippen LogP contribution < -0.4 is 10.6 Å². The number of nitrogens with zero attached hydrogens (tertiary/aromatic N) is 3. The van der Waals surface area contributed by atoms with Gasteiger partial charge in [0.1, 0.15) is 11.2 Å². The van der Waals surface area contributed by atoms with Gasteiger partial charge in [0.2, 0.25) is 5.91 Å². The number of ether oxygens (including phenoxy) is 1. The second-order valence-electron chi connectivity index (χ2n) is 13.1. The lowest BCUT2D eigenvalue weighted by molar-refractivity contribution is -0.134. The van der Waals surface area contributed by atoms with Gasteiger partial charge in [-0.3, -0.25) is 19.6 Å². The molecule has 2 amide bonds. The lowest BCUT2D eigenvalue weighted by Crippen LogP contribution is -2.55. The SMILES string of the molecule is COC(=O)C=Cc1ccc(NC(=O)C2(NC(=O)c3ccc4c(C5CCCCC5)c5n(c4c3)CCCc3nccnc3-5)CCCC2)cc1. The molecule has 7 rings (SSSR count). The molecule has 3 aliphatic rings. The molecule has 0 spiro atoms. The van der Waals surface area contributed by atoms with E-state index in [2.05, 4.69) is 26.0 Å². The van der Waals surface area contributed by atoms with Gasteiger partial charge in [0.05, 0.1) is 18.5 Å². The van der Waals surface area contributed by atoms with Crippen LogP contribution in [0, 0.1) is 0 Å². The Balaban J connectivity index is 1.18. The Kier molecular flexibility index (Phi) is 8.62. The van der Waals surface area contributed by atoms with Crippen LogP contribution in [0.3, 0.4) is 0 Å². The fourth-order valence-corrected chi connectivity index (χ4v) is 7.80. The van der Waals surface area contributed by atoms with Crippen LogP contribution in [0.15, 0.2) is 60.9 Å². The quantitative estimate of drug-likeness (QED) is 0.168.